The quantitative estimate of drug-likeness (QED) is 0.404. The Bertz CT molecular complexity index is 231. The van der Waals surface area contributed by atoms with Crippen molar-refractivity contribution in [2.75, 3.05) is 13.2 Å². The van der Waals surface area contributed by atoms with Crippen LogP contribution < -0.4 is 0 Å². The van der Waals surface area contributed by atoms with Gasteiger partial charge in [0.05, 0.1) is 12.5 Å². The molecule has 0 aliphatic carbocycles. The molecule has 0 rings (SSSR count). The van der Waals surface area contributed by atoms with Crippen molar-refractivity contribution in [2.24, 2.45) is 5.92 Å². The maximum Gasteiger partial charge on any atom is 0.308 e. The third kappa shape index (κ3) is 11.2. The first-order chi connectivity index (χ1) is 9.61. The Morgan fingerprint density at radius 1 is 1.05 bits per heavy atom. The molecular weight excluding hydrogens is 256 g/mol. The highest BCUT2D eigenvalue weighted by Crippen LogP contribution is 2.14. The molecule has 0 aromatic heterocycles. The molecule has 0 aromatic carbocycles. The van der Waals surface area contributed by atoms with E-state index in [9.17, 15) is 4.79 Å². The zero-order chi connectivity index (χ0) is 15.2. The van der Waals surface area contributed by atoms with E-state index in [1.807, 2.05) is 6.92 Å². The number of hydrogen-bond acceptors (Lipinski definition) is 4. The number of aliphatic hydroxyl groups is 2. The van der Waals surface area contributed by atoms with Crippen LogP contribution in [-0.4, -0.2) is 35.5 Å². The second-order valence-electron chi connectivity index (χ2n) is 5.63. The number of ether oxygens (including phenoxy) is 1. The fourth-order valence-electron chi connectivity index (χ4n) is 2.08. The van der Waals surface area contributed by atoms with E-state index in [2.05, 4.69) is 6.92 Å². The molecule has 0 aromatic rings. The SMILES string of the molecule is CCCCCCCCCCC(C)C(=O)OCC(O)CO. The van der Waals surface area contributed by atoms with Crippen LogP contribution in [0.4, 0.5) is 0 Å². The van der Waals surface area contributed by atoms with Crippen LogP contribution in [0.15, 0.2) is 0 Å². The zero-order valence-electron chi connectivity index (χ0n) is 13.1. The topological polar surface area (TPSA) is 66.8 Å². The highest BCUT2D eigenvalue weighted by molar-refractivity contribution is 5.71. The number of rotatable bonds is 13. The van der Waals surface area contributed by atoms with Crippen LogP contribution in [0.25, 0.3) is 0 Å². The van der Waals surface area contributed by atoms with Gasteiger partial charge >= 0.3 is 5.97 Å². The van der Waals surface area contributed by atoms with E-state index in [1.54, 1.807) is 0 Å². The molecule has 0 spiro atoms. The van der Waals surface area contributed by atoms with Gasteiger partial charge in [-0.05, 0) is 6.42 Å². The lowest BCUT2D eigenvalue weighted by atomic mass is 10.0. The molecule has 0 aliphatic rings. The summed E-state index contributed by atoms with van der Waals surface area (Å²) in [4.78, 5) is 11.6. The second kappa shape index (κ2) is 13.4. The third-order valence-electron chi connectivity index (χ3n) is 3.52. The minimum atomic E-state index is -0.964. The molecule has 120 valence electrons. The van der Waals surface area contributed by atoms with Crippen LogP contribution >= 0.6 is 0 Å². The number of carbonyl (C=O) groups is 1. The fraction of sp³-hybridized carbons (Fsp3) is 0.938. The molecule has 0 heterocycles. The number of esters is 1. The standard InChI is InChI=1S/C16H32O4/c1-3-4-5-6-7-8-9-10-11-14(2)16(19)20-13-15(18)12-17/h14-15,17-18H,3-13H2,1-2H3. The average Bonchev–Trinajstić information content (AvgIpc) is 2.46. The summed E-state index contributed by atoms with van der Waals surface area (Å²) < 4.78 is 4.93. The van der Waals surface area contributed by atoms with Crippen LogP contribution in [0.5, 0.6) is 0 Å². The Balaban J connectivity index is 3.43. The largest absolute Gasteiger partial charge is 0.463 e. The third-order valence-corrected chi connectivity index (χ3v) is 3.52. The van der Waals surface area contributed by atoms with E-state index >= 15 is 0 Å². The van der Waals surface area contributed by atoms with Gasteiger partial charge in [0, 0.05) is 0 Å². The molecule has 0 radical (unpaired) electrons. The Morgan fingerprint density at radius 2 is 1.60 bits per heavy atom. The van der Waals surface area contributed by atoms with Crippen molar-refractivity contribution in [3.63, 3.8) is 0 Å². The Hall–Kier alpha value is -0.610. The van der Waals surface area contributed by atoms with E-state index < -0.39 is 6.10 Å². The van der Waals surface area contributed by atoms with E-state index in [0.29, 0.717) is 0 Å². The van der Waals surface area contributed by atoms with Crippen LogP contribution in [0.2, 0.25) is 0 Å². The monoisotopic (exact) mass is 288 g/mol. The summed E-state index contributed by atoms with van der Waals surface area (Å²) in [6.45, 7) is 3.59. The van der Waals surface area contributed by atoms with Crippen LogP contribution in [0, 0.1) is 5.92 Å². The first-order valence-electron chi connectivity index (χ1n) is 8.07. The van der Waals surface area contributed by atoms with Gasteiger partial charge in [-0.1, -0.05) is 65.2 Å². The van der Waals surface area contributed by atoms with Gasteiger partial charge in [0.2, 0.25) is 0 Å². The molecule has 20 heavy (non-hydrogen) atoms. The van der Waals surface area contributed by atoms with Crippen molar-refractivity contribution in [2.45, 2.75) is 77.7 Å². The maximum atomic E-state index is 11.6. The lowest BCUT2D eigenvalue weighted by Gasteiger charge is -2.13. The number of hydrogen-bond donors (Lipinski definition) is 2. The first kappa shape index (κ1) is 19.4. The van der Waals surface area contributed by atoms with E-state index in [0.717, 1.165) is 12.8 Å². The van der Waals surface area contributed by atoms with E-state index in [4.69, 9.17) is 14.9 Å². The lowest BCUT2D eigenvalue weighted by Crippen LogP contribution is -2.24. The van der Waals surface area contributed by atoms with Gasteiger partial charge in [0.1, 0.15) is 12.7 Å². The van der Waals surface area contributed by atoms with Crippen molar-refractivity contribution in [3.05, 3.63) is 0 Å². The smallest absolute Gasteiger partial charge is 0.308 e. The van der Waals surface area contributed by atoms with Gasteiger partial charge in [0.15, 0.2) is 0 Å². The Kier molecular flexibility index (Phi) is 13.0. The number of aliphatic hydroxyl groups excluding tert-OH is 2. The molecule has 0 saturated carbocycles. The lowest BCUT2D eigenvalue weighted by molar-refractivity contribution is -0.151. The van der Waals surface area contributed by atoms with Gasteiger partial charge in [-0.3, -0.25) is 4.79 Å². The zero-order valence-corrected chi connectivity index (χ0v) is 13.1. The molecule has 2 unspecified atom stereocenters. The van der Waals surface area contributed by atoms with Crippen molar-refractivity contribution >= 4 is 5.97 Å². The maximum absolute atomic E-state index is 11.6. The molecule has 2 N–H and O–H groups in total. The Morgan fingerprint density at radius 3 is 2.15 bits per heavy atom. The van der Waals surface area contributed by atoms with Gasteiger partial charge in [0.25, 0.3) is 0 Å². The second-order valence-corrected chi connectivity index (χ2v) is 5.63. The molecule has 4 nitrogen and oxygen atoms in total. The fourth-order valence-corrected chi connectivity index (χ4v) is 2.08. The summed E-state index contributed by atoms with van der Waals surface area (Å²) in [5.74, 6) is -0.401. The van der Waals surface area contributed by atoms with Crippen molar-refractivity contribution < 1.29 is 19.7 Å². The van der Waals surface area contributed by atoms with Crippen molar-refractivity contribution in [1.82, 2.24) is 0 Å². The predicted octanol–water partition coefficient (Wildman–Crippen LogP) is 3.05. The summed E-state index contributed by atoms with van der Waals surface area (Å²) in [6, 6.07) is 0. The molecule has 0 amide bonds. The van der Waals surface area contributed by atoms with Gasteiger partial charge < -0.3 is 14.9 Å². The normalized spacial score (nSPS) is 14.0. The molecule has 0 saturated heterocycles. The van der Waals surface area contributed by atoms with Gasteiger partial charge in [-0.15, -0.1) is 0 Å². The summed E-state index contributed by atoms with van der Waals surface area (Å²) in [6.07, 6.45) is 9.91. The van der Waals surface area contributed by atoms with E-state index in [-0.39, 0.29) is 25.1 Å². The number of carbonyl (C=O) groups excluding carboxylic acids is 1. The highest BCUT2D eigenvalue weighted by Gasteiger charge is 2.15. The molecule has 0 fully saturated rings. The van der Waals surface area contributed by atoms with Crippen LogP contribution in [0.1, 0.15) is 71.6 Å². The summed E-state index contributed by atoms with van der Waals surface area (Å²) in [5.41, 5.74) is 0. The highest BCUT2D eigenvalue weighted by atomic mass is 16.5. The molecular formula is C16H32O4. The van der Waals surface area contributed by atoms with E-state index in [1.165, 1.54) is 44.9 Å². The average molecular weight is 288 g/mol. The van der Waals surface area contributed by atoms with Crippen molar-refractivity contribution in [3.8, 4) is 0 Å². The predicted molar refractivity (Wildman–Crippen MR) is 80.4 cm³/mol. The minimum Gasteiger partial charge on any atom is -0.463 e. The molecule has 0 bridgehead atoms. The Labute approximate surface area is 123 Å². The molecule has 0 aliphatic heterocycles. The molecule has 4 heteroatoms. The van der Waals surface area contributed by atoms with Gasteiger partial charge in [-0.25, -0.2) is 0 Å². The van der Waals surface area contributed by atoms with Crippen molar-refractivity contribution in [1.29, 1.82) is 0 Å². The molecule has 2 atom stereocenters. The minimum absolute atomic E-state index is 0.114. The first-order valence-corrected chi connectivity index (χ1v) is 8.07. The van der Waals surface area contributed by atoms with Crippen LogP contribution in [-0.2, 0) is 9.53 Å². The summed E-state index contributed by atoms with van der Waals surface area (Å²) >= 11 is 0. The summed E-state index contributed by atoms with van der Waals surface area (Å²) in [5, 5.41) is 17.7. The number of unbranched alkanes of at least 4 members (excludes halogenated alkanes) is 7. The van der Waals surface area contributed by atoms with Gasteiger partial charge in [-0.2, -0.15) is 0 Å². The van der Waals surface area contributed by atoms with Crippen LogP contribution in [0.3, 0.4) is 0 Å². The summed E-state index contributed by atoms with van der Waals surface area (Å²) in [7, 11) is 0.